The molecule has 1 saturated carbocycles. The Kier molecular flexibility index (Phi) is 4.41. The van der Waals surface area contributed by atoms with Crippen LogP contribution in [0.25, 0.3) is 0 Å². The van der Waals surface area contributed by atoms with E-state index in [1.54, 1.807) is 0 Å². The predicted octanol–water partition coefficient (Wildman–Crippen LogP) is 5.19. The molecule has 1 aliphatic rings. The number of halogens is 2. The van der Waals surface area contributed by atoms with Crippen molar-refractivity contribution in [2.45, 2.75) is 37.8 Å². The highest BCUT2D eigenvalue weighted by atomic mass is 79.9. The van der Waals surface area contributed by atoms with Crippen molar-refractivity contribution in [3.63, 3.8) is 0 Å². The highest BCUT2D eigenvalue weighted by molar-refractivity contribution is 9.10. The third kappa shape index (κ3) is 3.53. The molecule has 0 amide bonds. The molecule has 1 atom stereocenters. The Morgan fingerprint density at radius 3 is 2.29 bits per heavy atom. The first kappa shape index (κ1) is 14.7. The van der Waals surface area contributed by atoms with Gasteiger partial charge in [-0.3, -0.25) is 0 Å². The fraction of sp³-hybridized carbons (Fsp3) is 0.333. The van der Waals surface area contributed by atoms with Crippen molar-refractivity contribution in [1.82, 2.24) is 5.32 Å². The molecule has 0 aromatic heterocycles. The highest BCUT2D eigenvalue weighted by Crippen LogP contribution is 2.38. The van der Waals surface area contributed by atoms with E-state index in [-0.39, 0.29) is 11.9 Å². The maximum absolute atomic E-state index is 12.9. The molecule has 0 spiro atoms. The van der Waals surface area contributed by atoms with Crippen LogP contribution in [0, 0.1) is 5.82 Å². The Balaban J connectivity index is 1.52. The zero-order valence-corrected chi connectivity index (χ0v) is 13.6. The van der Waals surface area contributed by atoms with Crippen LogP contribution in [-0.4, -0.2) is 6.04 Å². The number of benzene rings is 2. The van der Waals surface area contributed by atoms with Gasteiger partial charge in [0, 0.05) is 16.6 Å². The summed E-state index contributed by atoms with van der Waals surface area (Å²) in [5.41, 5.74) is 2.56. The monoisotopic (exact) mass is 347 g/mol. The zero-order valence-electron chi connectivity index (χ0n) is 12.0. The van der Waals surface area contributed by atoms with Gasteiger partial charge in [-0.1, -0.05) is 40.2 Å². The van der Waals surface area contributed by atoms with Crippen molar-refractivity contribution in [2.75, 3.05) is 0 Å². The molecule has 1 N–H and O–H groups in total. The average molecular weight is 348 g/mol. The van der Waals surface area contributed by atoms with Crippen molar-refractivity contribution in [1.29, 1.82) is 0 Å². The Morgan fingerprint density at radius 1 is 1.05 bits per heavy atom. The first-order valence-corrected chi connectivity index (χ1v) is 8.18. The summed E-state index contributed by atoms with van der Waals surface area (Å²) < 4.78 is 14.1. The number of rotatable bonds is 4. The number of nitrogens with one attached hydrogen (secondary N) is 1. The molecule has 1 fully saturated rings. The van der Waals surface area contributed by atoms with E-state index < -0.39 is 0 Å². The smallest absolute Gasteiger partial charge is 0.123 e. The van der Waals surface area contributed by atoms with Gasteiger partial charge in [0.25, 0.3) is 0 Å². The lowest BCUT2D eigenvalue weighted by atomic mass is 9.75. The molecule has 2 aromatic carbocycles. The Morgan fingerprint density at radius 2 is 1.67 bits per heavy atom. The van der Waals surface area contributed by atoms with Crippen LogP contribution >= 0.6 is 15.9 Å². The lowest BCUT2D eigenvalue weighted by molar-refractivity contribution is 0.271. The molecule has 110 valence electrons. The summed E-state index contributed by atoms with van der Waals surface area (Å²) in [4.78, 5) is 0. The Hall–Kier alpha value is -1.19. The van der Waals surface area contributed by atoms with E-state index in [1.165, 1.54) is 30.5 Å². The van der Waals surface area contributed by atoms with Crippen LogP contribution in [0.1, 0.15) is 42.9 Å². The fourth-order valence-corrected chi connectivity index (χ4v) is 3.23. The second-order valence-corrected chi connectivity index (χ2v) is 6.77. The van der Waals surface area contributed by atoms with Gasteiger partial charge in [0.05, 0.1) is 0 Å². The third-order valence-corrected chi connectivity index (χ3v) is 4.86. The van der Waals surface area contributed by atoms with E-state index in [0.717, 1.165) is 10.0 Å². The van der Waals surface area contributed by atoms with Crippen LogP contribution in [0.3, 0.4) is 0 Å². The summed E-state index contributed by atoms with van der Waals surface area (Å²) in [5, 5.41) is 3.63. The molecule has 2 aromatic rings. The molecule has 21 heavy (non-hydrogen) atoms. The molecule has 0 bridgehead atoms. The van der Waals surface area contributed by atoms with Gasteiger partial charge < -0.3 is 5.32 Å². The van der Waals surface area contributed by atoms with Gasteiger partial charge in [-0.15, -0.1) is 0 Å². The SMILES string of the molecule is C[C@@H](NC1CC(c2ccc(Br)cc2)C1)c1ccc(F)cc1. The maximum Gasteiger partial charge on any atom is 0.123 e. The summed E-state index contributed by atoms with van der Waals surface area (Å²) in [5.74, 6) is 0.487. The minimum Gasteiger partial charge on any atom is -0.307 e. The highest BCUT2D eigenvalue weighted by Gasteiger charge is 2.30. The van der Waals surface area contributed by atoms with Gasteiger partial charge in [-0.05, 0) is 61.1 Å². The van der Waals surface area contributed by atoms with E-state index in [0.29, 0.717) is 12.0 Å². The average Bonchev–Trinajstić information content (AvgIpc) is 2.44. The molecule has 0 saturated heterocycles. The molecule has 3 heteroatoms. The molecule has 0 radical (unpaired) electrons. The van der Waals surface area contributed by atoms with E-state index in [2.05, 4.69) is 52.4 Å². The standard InChI is InChI=1S/C18H19BrFN/c1-12(13-4-8-17(20)9-5-13)21-18-10-15(11-18)14-2-6-16(19)7-3-14/h2-9,12,15,18,21H,10-11H2,1H3/t12-,15?,18?/m1/s1. The van der Waals surface area contributed by atoms with Crippen LogP contribution < -0.4 is 5.32 Å². The second kappa shape index (κ2) is 6.29. The Bertz CT molecular complexity index is 588. The normalized spacial score (nSPS) is 22.6. The largest absolute Gasteiger partial charge is 0.307 e. The predicted molar refractivity (Wildman–Crippen MR) is 87.9 cm³/mol. The quantitative estimate of drug-likeness (QED) is 0.802. The summed E-state index contributed by atoms with van der Waals surface area (Å²) in [7, 11) is 0. The third-order valence-electron chi connectivity index (χ3n) is 4.34. The minimum atomic E-state index is -0.176. The van der Waals surface area contributed by atoms with Crippen LogP contribution in [-0.2, 0) is 0 Å². The van der Waals surface area contributed by atoms with Gasteiger partial charge in [-0.2, -0.15) is 0 Å². The van der Waals surface area contributed by atoms with Gasteiger partial charge in [-0.25, -0.2) is 4.39 Å². The molecule has 1 nitrogen and oxygen atoms in total. The van der Waals surface area contributed by atoms with Gasteiger partial charge in [0.2, 0.25) is 0 Å². The van der Waals surface area contributed by atoms with Crippen LogP contribution in [0.15, 0.2) is 53.0 Å². The van der Waals surface area contributed by atoms with Gasteiger partial charge >= 0.3 is 0 Å². The van der Waals surface area contributed by atoms with Gasteiger partial charge in [0.1, 0.15) is 5.82 Å². The molecule has 0 aliphatic heterocycles. The summed E-state index contributed by atoms with van der Waals surface area (Å²) in [6.45, 7) is 2.14. The van der Waals surface area contributed by atoms with E-state index in [1.807, 2.05) is 12.1 Å². The van der Waals surface area contributed by atoms with E-state index in [9.17, 15) is 4.39 Å². The van der Waals surface area contributed by atoms with Gasteiger partial charge in [0.15, 0.2) is 0 Å². The lowest BCUT2D eigenvalue weighted by Crippen LogP contribution is -2.41. The van der Waals surface area contributed by atoms with Crippen molar-refractivity contribution in [2.24, 2.45) is 0 Å². The van der Waals surface area contributed by atoms with Crippen LogP contribution in [0.4, 0.5) is 4.39 Å². The lowest BCUT2D eigenvalue weighted by Gasteiger charge is -2.38. The van der Waals surface area contributed by atoms with Crippen molar-refractivity contribution < 1.29 is 4.39 Å². The molecular weight excluding hydrogens is 329 g/mol. The summed E-state index contributed by atoms with van der Waals surface area (Å²) in [6.07, 6.45) is 2.35. The first-order chi connectivity index (χ1) is 10.1. The van der Waals surface area contributed by atoms with Crippen molar-refractivity contribution in [3.8, 4) is 0 Å². The zero-order chi connectivity index (χ0) is 14.8. The van der Waals surface area contributed by atoms with Crippen LogP contribution in [0.2, 0.25) is 0 Å². The molecule has 1 aliphatic carbocycles. The molecule has 0 unspecified atom stereocenters. The van der Waals surface area contributed by atoms with E-state index in [4.69, 9.17) is 0 Å². The van der Waals surface area contributed by atoms with Crippen molar-refractivity contribution >= 4 is 15.9 Å². The molecule has 0 heterocycles. The molecule has 3 rings (SSSR count). The van der Waals surface area contributed by atoms with Crippen molar-refractivity contribution in [3.05, 3.63) is 69.9 Å². The first-order valence-electron chi connectivity index (χ1n) is 7.39. The topological polar surface area (TPSA) is 12.0 Å². The summed E-state index contributed by atoms with van der Waals surface area (Å²) in [6, 6.07) is 16.2. The fourth-order valence-electron chi connectivity index (χ4n) is 2.96. The number of hydrogen-bond donors (Lipinski definition) is 1. The minimum absolute atomic E-state index is 0.176. The summed E-state index contributed by atoms with van der Waals surface area (Å²) >= 11 is 3.47. The Labute approximate surface area is 133 Å². The maximum atomic E-state index is 12.9. The molecular formula is C18H19BrFN. The van der Waals surface area contributed by atoms with Crippen LogP contribution in [0.5, 0.6) is 0 Å². The van der Waals surface area contributed by atoms with E-state index >= 15 is 0 Å². The number of hydrogen-bond acceptors (Lipinski definition) is 1. The second-order valence-electron chi connectivity index (χ2n) is 5.86.